The average molecular weight is 396 g/mol. The van der Waals surface area contributed by atoms with Gasteiger partial charge in [-0.3, -0.25) is 0 Å². The highest BCUT2D eigenvalue weighted by Crippen LogP contribution is 2.32. The molecule has 1 unspecified atom stereocenters. The average Bonchev–Trinajstić information content (AvgIpc) is 3.26. The number of ether oxygens (including phenoxy) is 1. The molecule has 1 heterocycles. The highest BCUT2D eigenvalue weighted by molar-refractivity contribution is 6.73. The molecule has 0 bridgehead atoms. The summed E-state index contributed by atoms with van der Waals surface area (Å²) in [6.45, 7) is 12.6. The minimum absolute atomic E-state index is 0.139. The summed E-state index contributed by atoms with van der Waals surface area (Å²) in [5.41, 5.74) is 5.94. The van der Waals surface area contributed by atoms with Crippen molar-refractivity contribution in [1.82, 2.24) is 0 Å². The van der Waals surface area contributed by atoms with E-state index in [1.807, 2.05) is 0 Å². The molecular formula is C24H33NO2Si. The molecule has 0 saturated carbocycles. The number of nitrogens with zero attached hydrogens (tertiary/aromatic N) is 1. The van der Waals surface area contributed by atoms with Gasteiger partial charge in [-0.25, -0.2) is 4.99 Å². The first-order chi connectivity index (χ1) is 13.5. The van der Waals surface area contributed by atoms with Crippen LogP contribution in [0.1, 0.15) is 50.5 Å². The third kappa shape index (κ3) is 4.23. The monoisotopic (exact) mass is 395 g/mol. The van der Waals surface area contributed by atoms with Crippen molar-refractivity contribution in [3.63, 3.8) is 0 Å². The van der Waals surface area contributed by atoms with Gasteiger partial charge in [-0.2, -0.15) is 0 Å². The van der Waals surface area contributed by atoms with Crippen LogP contribution in [-0.2, 0) is 9.16 Å². The predicted octanol–water partition coefficient (Wildman–Crippen LogP) is 6.52. The van der Waals surface area contributed by atoms with E-state index < -0.39 is 8.32 Å². The van der Waals surface area contributed by atoms with Crippen molar-refractivity contribution in [1.29, 1.82) is 0 Å². The number of hydrogen-bond acceptors (Lipinski definition) is 3. The van der Waals surface area contributed by atoms with E-state index in [0.717, 1.165) is 18.0 Å². The second kappa shape index (κ2) is 9.06. The van der Waals surface area contributed by atoms with Crippen LogP contribution >= 0.6 is 0 Å². The lowest BCUT2D eigenvalue weighted by Gasteiger charge is -2.32. The van der Waals surface area contributed by atoms with Gasteiger partial charge in [-0.05, 0) is 54.2 Å². The zero-order chi connectivity index (χ0) is 20.1. The zero-order valence-electron chi connectivity index (χ0n) is 17.9. The molecule has 0 aromatic heterocycles. The fraction of sp³-hybridized carbons (Fsp3) is 0.458. The molecule has 0 radical (unpaired) electrons. The van der Waals surface area contributed by atoms with Crippen molar-refractivity contribution in [2.75, 3.05) is 13.2 Å². The topological polar surface area (TPSA) is 30.8 Å². The molecule has 2 aromatic rings. The van der Waals surface area contributed by atoms with Gasteiger partial charge in [0.25, 0.3) is 0 Å². The van der Waals surface area contributed by atoms with Crippen LogP contribution in [0.25, 0.3) is 11.1 Å². The molecule has 3 nitrogen and oxygen atoms in total. The fourth-order valence-corrected chi connectivity index (χ4v) is 6.94. The van der Waals surface area contributed by atoms with Gasteiger partial charge in [0.2, 0.25) is 5.90 Å². The van der Waals surface area contributed by atoms with Crippen molar-refractivity contribution in [2.45, 2.75) is 58.9 Å². The van der Waals surface area contributed by atoms with E-state index in [9.17, 15) is 0 Å². The first-order valence-electron chi connectivity index (χ1n) is 10.6. The quantitative estimate of drug-likeness (QED) is 0.476. The third-order valence-electron chi connectivity index (χ3n) is 6.12. The van der Waals surface area contributed by atoms with Gasteiger partial charge in [-0.1, -0.05) is 63.2 Å². The molecule has 1 atom stereocenters. The molecule has 150 valence electrons. The molecular weight excluding hydrogens is 362 g/mol. The molecule has 0 fully saturated rings. The number of aliphatic imine (C=N–C) groups is 1. The van der Waals surface area contributed by atoms with E-state index in [2.05, 4.69) is 82.1 Å². The highest BCUT2D eigenvalue weighted by Gasteiger charge is 2.31. The molecule has 28 heavy (non-hydrogen) atoms. The summed E-state index contributed by atoms with van der Waals surface area (Å²) in [5.74, 6) is 0.776. The Morgan fingerprint density at radius 3 is 2.29 bits per heavy atom. The van der Waals surface area contributed by atoms with Crippen molar-refractivity contribution < 1.29 is 9.16 Å². The van der Waals surface area contributed by atoms with E-state index >= 15 is 0 Å². The molecule has 0 amide bonds. The van der Waals surface area contributed by atoms with E-state index in [4.69, 9.17) is 9.16 Å². The Hall–Kier alpha value is -1.91. The summed E-state index contributed by atoms with van der Waals surface area (Å²) in [6, 6.07) is 18.8. The van der Waals surface area contributed by atoms with Crippen LogP contribution in [-0.4, -0.2) is 27.4 Å². The largest absolute Gasteiger partial charge is 0.475 e. The van der Waals surface area contributed by atoms with Gasteiger partial charge in [0.05, 0.1) is 12.6 Å². The second-order valence-corrected chi connectivity index (χ2v) is 12.4. The molecule has 3 rings (SSSR count). The number of benzene rings is 2. The van der Waals surface area contributed by atoms with E-state index in [0.29, 0.717) is 6.61 Å². The van der Waals surface area contributed by atoms with E-state index in [1.165, 1.54) is 40.4 Å². The van der Waals surface area contributed by atoms with Crippen LogP contribution in [0.15, 0.2) is 47.5 Å². The molecule has 0 spiro atoms. The summed E-state index contributed by atoms with van der Waals surface area (Å²) < 4.78 is 12.4. The first-order valence-corrected chi connectivity index (χ1v) is 13.1. The molecule has 0 saturated heterocycles. The number of hydrogen-bond donors (Lipinski definition) is 0. The Labute approximate surface area is 170 Å². The molecule has 4 heteroatoms. The summed E-state index contributed by atoms with van der Waals surface area (Å²) >= 11 is 0. The minimum Gasteiger partial charge on any atom is -0.475 e. The molecule has 1 aliphatic heterocycles. The second-order valence-electron chi connectivity index (χ2n) is 7.66. The van der Waals surface area contributed by atoms with Gasteiger partial charge < -0.3 is 9.16 Å². The van der Waals surface area contributed by atoms with Gasteiger partial charge in [0.1, 0.15) is 6.61 Å². The molecule has 0 N–H and O–H groups in total. The van der Waals surface area contributed by atoms with Crippen LogP contribution < -0.4 is 0 Å². The summed E-state index contributed by atoms with van der Waals surface area (Å²) in [7, 11) is -1.61. The smallest absolute Gasteiger partial charge is 0.217 e. The van der Waals surface area contributed by atoms with Crippen LogP contribution in [0.5, 0.6) is 0 Å². The maximum atomic E-state index is 6.64. The van der Waals surface area contributed by atoms with E-state index in [-0.39, 0.29) is 6.10 Å². The van der Waals surface area contributed by atoms with Crippen molar-refractivity contribution in [3.8, 4) is 11.1 Å². The Balaban J connectivity index is 1.87. The Morgan fingerprint density at radius 2 is 1.71 bits per heavy atom. The van der Waals surface area contributed by atoms with Crippen molar-refractivity contribution in [2.24, 2.45) is 4.99 Å². The summed E-state index contributed by atoms with van der Waals surface area (Å²) in [4.78, 5) is 4.55. The Kier molecular flexibility index (Phi) is 6.73. The fourth-order valence-electron chi connectivity index (χ4n) is 4.06. The van der Waals surface area contributed by atoms with Crippen molar-refractivity contribution in [3.05, 3.63) is 59.2 Å². The lowest BCUT2D eigenvalue weighted by atomic mass is 9.94. The van der Waals surface area contributed by atoms with Crippen LogP contribution in [0.4, 0.5) is 0 Å². The third-order valence-corrected chi connectivity index (χ3v) is 10.8. The molecule has 0 aliphatic carbocycles. The molecule has 1 aliphatic rings. The standard InChI is InChI=1S/C24H33NO2Si/c1-6-28(7-2,8-3)27-19(5)20-12-14-21(15-13-20)22-11-9-10-18(4)23(22)24-25-16-17-26-24/h9-15,19H,6-8,16-17H2,1-5H3. The van der Waals surface area contributed by atoms with Gasteiger partial charge >= 0.3 is 0 Å². The number of aryl methyl sites for hydroxylation is 1. The predicted molar refractivity (Wildman–Crippen MR) is 121 cm³/mol. The van der Waals surface area contributed by atoms with Crippen LogP contribution in [0, 0.1) is 6.92 Å². The van der Waals surface area contributed by atoms with E-state index in [1.54, 1.807) is 0 Å². The van der Waals surface area contributed by atoms with Gasteiger partial charge in [0, 0.05) is 5.56 Å². The SMILES string of the molecule is CC[Si](CC)(CC)OC(C)c1ccc(-c2cccc(C)c2C2=NCCO2)cc1. The molecule has 2 aromatic carbocycles. The highest BCUT2D eigenvalue weighted by atomic mass is 28.4. The summed E-state index contributed by atoms with van der Waals surface area (Å²) in [5, 5.41) is 0. The Morgan fingerprint density at radius 1 is 1.04 bits per heavy atom. The first kappa shape index (κ1) is 20.8. The van der Waals surface area contributed by atoms with Crippen LogP contribution in [0.3, 0.4) is 0 Å². The van der Waals surface area contributed by atoms with Gasteiger partial charge in [-0.15, -0.1) is 0 Å². The van der Waals surface area contributed by atoms with Crippen molar-refractivity contribution >= 4 is 14.2 Å². The number of rotatable bonds is 8. The minimum atomic E-state index is -1.61. The lowest BCUT2D eigenvalue weighted by molar-refractivity contribution is 0.210. The normalized spacial score (nSPS) is 15.2. The zero-order valence-corrected chi connectivity index (χ0v) is 18.9. The Bertz CT molecular complexity index is 817. The maximum Gasteiger partial charge on any atom is 0.217 e. The maximum absolute atomic E-state index is 6.64. The van der Waals surface area contributed by atoms with Crippen LogP contribution in [0.2, 0.25) is 18.1 Å². The summed E-state index contributed by atoms with van der Waals surface area (Å²) in [6.07, 6.45) is 0.139. The lowest BCUT2D eigenvalue weighted by Crippen LogP contribution is -2.36. The van der Waals surface area contributed by atoms with Gasteiger partial charge in [0.15, 0.2) is 8.32 Å².